The van der Waals surface area contributed by atoms with Gasteiger partial charge in [0.2, 0.25) is 0 Å². The summed E-state index contributed by atoms with van der Waals surface area (Å²) in [7, 11) is 0. The van der Waals surface area contributed by atoms with Gasteiger partial charge in [0.05, 0.1) is 5.69 Å². The van der Waals surface area contributed by atoms with Crippen LogP contribution in [0.5, 0.6) is 0 Å². The van der Waals surface area contributed by atoms with Gasteiger partial charge in [-0.3, -0.25) is 0 Å². The van der Waals surface area contributed by atoms with Crippen LogP contribution in [0.4, 0.5) is 0 Å². The molecule has 96 valence electrons. The average molecular weight is 264 g/mol. The molecule has 0 aliphatic rings. The number of hydrogen-bond donors (Lipinski definition) is 1. The van der Waals surface area contributed by atoms with E-state index in [1.165, 1.54) is 0 Å². The summed E-state index contributed by atoms with van der Waals surface area (Å²) in [6.07, 6.45) is 5.43. The molecule has 0 bridgehead atoms. The van der Waals surface area contributed by atoms with E-state index in [0.717, 1.165) is 34.9 Å². The van der Waals surface area contributed by atoms with Gasteiger partial charge in [0, 0.05) is 29.9 Å². The summed E-state index contributed by atoms with van der Waals surface area (Å²) in [6, 6.07) is 6.01. The fraction of sp³-hybridized carbons (Fsp3) is 0.357. The molecule has 1 unspecified atom stereocenters. The van der Waals surface area contributed by atoms with Gasteiger partial charge in [0.15, 0.2) is 0 Å². The maximum Gasteiger partial charge on any atom is 0.112 e. The standard InChI is InChI=1S/C14H18ClN3/c1-3-14-17-7-8-18(14)13-6-4-5-12(15)11(13)9-10(2)16/h4-8,10H,3,9,16H2,1-2H3. The van der Waals surface area contributed by atoms with Crippen LogP contribution < -0.4 is 5.73 Å². The van der Waals surface area contributed by atoms with E-state index < -0.39 is 0 Å². The largest absolute Gasteiger partial charge is 0.328 e. The predicted octanol–water partition coefficient (Wildman–Crippen LogP) is 2.98. The maximum absolute atomic E-state index is 6.30. The predicted molar refractivity (Wildman–Crippen MR) is 75.3 cm³/mol. The molecule has 1 atom stereocenters. The molecule has 2 aromatic rings. The first-order chi connectivity index (χ1) is 8.63. The number of nitrogens with zero attached hydrogens (tertiary/aromatic N) is 2. The quantitative estimate of drug-likeness (QED) is 0.922. The van der Waals surface area contributed by atoms with Gasteiger partial charge in [-0.15, -0.1) is 0 Å². The second-order valence-corrected chi connectivity index (χ2v) is 4.89. The minimum absolute atomic E-state index is 0.0808. The molecule has 0 radical (unpaired) electrons. The number of imidazole rings is 1. The summed E-state index contributed by atoms with van der Waals surface area (Å²) in [5, 5.41) is 0.764. The summed E-state index contributed by atoms with van der Waals surface area (Å²) in [6.45, 7) is 4.08. The molecule has 0 aliphatic heterocycles. The maximum atomic E-state index is 6.30. The van der Waals surface area contributed by atoms with Crippen molar-refractivity contribution in [3.8, 4) is 5.69 Å². The normalized spacial score (nSPS) is 12.7. The molecule has 0 saturated heterocycles. The van der Waals surface area contributed by atoms with Crippen molar-refractivity contribution >= 4 is 11.6 Å². The molecule has 2 rings (SSSR count). The van der Waals surface area contributed by atoms with Crippen LogP contribution in [-0.4, -0.2) is 15.6 Å². The summed E-state index contributed by atoms with van der Waals surface area (Å²) in [4.78, 5) is 4.35. The number of aryl methyl sites for hydroxylation is 1. The molecular formula is C14H18ClN3. The molecule has 3 nitrogen and oxygen atoms in total. The van der Waals surface area contributed by atoms with E-state index in [0.29, 0.717) is 0 Å². The Morgan fingerprint density at radius 2 is 2.22 bits per heavy atom. The highest BCUT2D eigenvalue weighted by Crippen LogP contribution is 2.25. The topological polar surface area (TPSA) is 43.8 Å². The van der Waals surface area contributed by atoms with Crippen molar-refractivity contribution in [1.82, 2.24) is 9.55 Å². The average Bonchev–Trinajstić information content (AvgIpc) is 2.79. The Bertz CT molecular complexity index is 532. The van der Waals surface area contributed by atoms with Gasteiger partial charge < -0.3 is 10.3 Å². The van der Waals surface area contributed by atoms with Crippen molar-refractivity contribution in [3.63, 3.8) is 0 Å². The Morgan fingerprint density at radius 1 is 1.44 bits per heavy atom. The summed E-state index contributed by atoms with van der Waals surface area (Å²) >= 11 is 6.30. The molecule has 0 saturated carbocycles. The third-order valence-corrected chi connectivity index (χ3v) is 3.27. The first kappa shape index (κ1) is 13.1. The lowest BCUT2D eigenvalue weighted by atomic mass is 10.1. The van der Waals surface area contributed by atoms with E-state index in [1.807, 2.05) is 31.5 Å². The molecule has 1 aromatic carbocycles. The first-order valence-electron chi connectivity index (χ1n) is 6.19. The Kier molecular flexibility index (Phi) is 4.04. The number of hydrogen-bond acceptors (Lipinski definition) is 2. The van der Waals surface area contributed by atoms with Crippen LogP contribution in [0.2, 0.25) is 5.02 Å². The van der Waals surface area contributed by atoms with Gasteiger partial charge >= 0.3 is 0 Å². The zero-order chi connectivity index (χ0) is 13.1. The van der Waals surface area contributed by atoms with Crippen LogP contribution in [0, 0.1) is 0 Å². The molecule has 0 spiro atoms. The Hall–Kier alpha value is -1.32. The van der Waals surface area contributed by atoms with E-state index in [-0.39, 0.29) is 6.04 Å². The van der Waals surface area contributed by atoms with Crippen LogP contribution in [0.15, 0.2) is 30.6 Å². The molecule has 18 heavy (non-hydrogen) atoms. The van der Waals surface area contributed by atoms with Crippen LogP contribution in [0.1, 0.15) is 25.2 Å². The zero-order valence-electron chi connectivity index (χ0n) is 10.7. The Labute approximate surface area is 113 Å². The SMILES string of the molecule is CCc1nccn1-c1cccc(Cl)c1CC(C)N. The molecule has 0 aliphatic carbocycles. The lowest BCUT2D eigenvalue weighted by molar-refractivity contribution is 0.731. The molecular weight excluding hydrogens is 246 g/mol. The van der Waals surface area contributed by atoms with Gasteiger partial charge in [0.25, 0.3) is 0 Å². The highest BCUT2D eigenvalue weighted by atomic mass is 35.5. The van der Waals surface area contributed by atoms with Crippen molar-refractivity contribution in [2.75, 3.05) is 0 Å². The van der Waals surface area contributed by atoms with Gasteiger partial charge in [-0.25, -0.2) is 4.98 Å². The number of halogens is 1. The van der Waals surface area contributed by atoms with E-state index in [2.05, 4.69) is 22.5 Å². The molecule has 1 aromatic heterocycles. The minimum atomic E-state index is 0.0808. The highest BCUT2D eigenvalue weighted by molar-refractivity contribution is 6.31. The van der Waals surface area contributed by atoms with E-state index in [4.69, 9.17) is 17.3 Å². The van der Waals surface area contributed by atoms with Crippen LogP contribution in [-0.2, 0) is 12.8 Å². The fourth-order valence-electron chi connectivity index (χ4n) is 2.11. The summed E-state index contributed by atoms with van der Waals surface area (Å²) < 4.78 is 2.09. The monoisotopic (exact) mass is 263 g/mol. The minimum Gasteiger partial charge on any atom is -0.328 e. The number of benzene rings is 1. The molecule has 2 N–H and O–H groups in total. The summed E-state index contributed by atoms with van der Waals surface area (Å²) in [5.41, 5.74) is 8.07. The third-order valence-electron chi connectivity index (χ3n) is 2.91. The van der Waals surface area contributed by atoms with Gasteiger partial charge in [0.1, 0.15) is 5.82 Å². The van der Waals surface area contributed by atoms with Crippen molar-refractivity contribution in [2.45, 2.75) is 32.7 Å². The van der Waals surface area contributed by atoms with Crippen LogP contribution >= 0.6 is 11.6 Å². The van der Waals surface area contributed by atoms with Gasteiger partial charge in [-0.2, -0.15) is 0 Å². The summed E-state index contributed by atoms with van der Waals surface area (Å²) in [5.74, 6) is 1.03. The molecule has 4 heteroatoms. The van der Waals surface area contributed by atoms with Crippen LogP contribution in [0.3, 0.4) is 0 Å². The molecule has 1 heterocycles. The van der Waals surface area contributed by atoms with Crippen molar-refractivity contribution < 1.29 is 0 Å². The first-order valence-corrected chi connectivity index (χ1v) is 6.56. The lowest BCUT2D eigenvalue weighted by Crippen LogP contribution is -2.19. The van der Waals surface area contributed by atoms with E-state index in [9.17, 15) is 0 Å². The smallest absolute Gasteiger partial charge is 0.112 e. The van der Waals surface area contributed by atoms with Gasteiger partial charge in [-0.1, -0.05) is 24.6 Å². The number of nitrogens with two attached hydrogens (primary N) is 1. The number of aromatic nitrogens is 2. The van der Waals surface area contributed by atoms with Gasteiger partial charge in [-0.05, 0) is 31.0 Å². The zero-order valence-corrected chi connectivity index (χ0v) is 11.5. The van der Waals surface area contributed by atoms with Crippen molar-refractivity contribution in [1.29, 1.82) is 0 Å². The van der Waals surface area contributed by atoms with Crippen molar-refractivity contribution in [2.24, 2.45) is 5.73 Å². The van der Waals surface area contributed by atoms with Crippen molar-refractivity contribution in [3.05, 3.63) is 47.0 Å². The van der Waals surface area contributed by atoms with Crippen LogP contribution in [0.25, 0.3) is 5.69 Å². The lowest BCUT2D eigenvalue weighted by Gasteiger charge is -2.15. The second-order valence-electron chi connectivity index (χ2n) is 4.49. The second kappa shape index (κ2) is 5.55. The van der Waals surface area contributed by atoms with E-state index >= 15 is 0 Å². The molecule has 0 fully saturated rings. The Morgan fingerprint density at radius 3 is 2.89 bits per heavy atom. The number of rotatable bonds is 4. The Balaban J connectivity index is 2.53. The highest BCUT2D eigenvalue weighted by Gasteiger charge is 2.12. The molecule has 0 amide bonds. The fourth-order valence-corrected chi connectivity index (χ4v) is 2.36. The third kappa shape index (κ3) is 2.57. The van der Waals surface area contributed by atoms with E-state index in [1.54, 1.807) is 0 Å².